The van der Waals surface area contributed by atoms with Crippen LogP contribution in [0.4, 0.5) is 0 Å². The van der Waals surface area contributed by atoms with Crippen molar-refractivity contribution in [2.24, 2.45) is 0 Å². The molecule has 1 aromatic heterocycles. The second kappa shape index (κ2) is 5.31. The molecule has 0 spiro atoms. The van der Waals surface area contributed by atoms with Gasteiger partial charge >= 0.3 is 0 Å². The second-order valence-electron chi connectivity index (χ2n) is 4.38. The normalized spacial score (nSPS) is 10.4. The summed E-state index contributed by atoms with van der Waals surface area (Å²) in [6.07, 6.45) is 0. The molecule has 0 amide bonds. The molecule has 3 aromatic rings. The van der Waals surface area contributed by atoms with Crippen molar-refractivity contribution in [3.8, 4) is 26.6 Å². The van der Waals surface area contributed by atoms with E-state index in [9.17, 15) is 9.90 Å². The molecule has 0 fully saturated rings. The van der Waals surface area contributed by atoms with Gasteiger partial charge in [0.1, 0.15) is 0 Å². The van der Waals surface area contributed by atoms with Crippen LogP contribution in [0.2, 0.25) is 0 Å². The zero-order chi connectivity index (χ0) is 13.9. The van der Waals surface area contributed by atoms with Crippen molar-refractivity contribution >= 4 is 11.3 Å². The quantitative estimate of drug-likeness (QED) is 0.765. The molecule has 0 saturated heterocycles. The van der Waals surface area contributed by atoms with Crippen LogP contribution in [0.5, 0.6) is 5.75 Å². The van der Waals surface area contributed by atoms with Crippen molar-refractivity contribution in [3.05, 3.63) is 77.0 Å². The van der Waals surface area contributed by atoms with Crippen LogP contribution in [0, 0.1) is 0 Å². The standard InChI is InChI=1S/C17H12O2S/c18-14-11-15(12-7-3-1-4-8-12)20-17(16(14)19)13-9-5-2-6-10-13/h1-11,19H. The molecule has 3 rings (SSSR count). The summed E-state index contributed by atoms with van der Waals surface area (Å²) in [4.78, 5) is 13.4. The van der Waals surface area contributed by atoms with E-state index >= 15 is 0 Å². The van der Waals surface area contributed by atoms with Crippen LogP contribution in [0.25, 0.3) is 20.9 Å². The first-order chi connectivity index (χ1) is 9.75. The molecule has 0 aliphatic rings. The SMILES string of the molecule is O=c1cc(-c2ccccc2)sc(-c2ccccc2)c1O. The minimum absolute atomic E-state index is 0.180. The van der Waals surface area contributed by atoms with E-state index in [1.54, 1.807) is 0 Å². The summed E-state index contributed by atoms with van der Waals surface area (Å²) in [5, 5.41) is 10.0. The summed E-state index contributed by atoms with van der Waals surface area (Å²) in [6.45, 7) is 0. The fraction of sp³-hybridized carbons (Fsp3) is 0. The molecule has 0 aliphatic carbocycles. The smallest absolute Gasteiger partial charge is 0.223 e. The average Bonchev–Trinajstić information content (AvgIpc) is 2.51. The molecular formula is C17H12O2S. The Morgan fingerprint density at radius 2 is 1.35 bits per heavy atom. The molecule has 0 aliphatic heterocycles. The predicted molar refractivity (Wildman–Crippen MR) is 83.1 cm³/mol. The molecule has 20 heavy (non-hydrogen) atoms. The number of aromatic hydroxyl groups is 1. The van der Waals surface area contributed by atoms with Crippen LogP contribution in [0.15, 0.2) is 71.5 Å². The molecular weight excluding hydrogens is 268 g/mol. The highest BCUT2D eigenvalue weighted by Crippen LogP contribution is 2.35. The predicted octanol–water partition coefficient (Wildman–Crippen LogP) is 4.15. The Morgan fingerprint density at radius 1 is 0.800 bits per heavy atom. The summed E-state index contributed by atoms with van der Waals surface area (Å²) < 4.78 is 0. The fourth-order valence-corrected chi connectivity index (χ4v) is 3.11. The monoisotopic (exact) mass is 280 g/mol. The first kappa shape index (κ1) is 12.6. The lowest BCUT2D eigenvalue weighted by Gasteiger charge is -2.06. The van der Waals surface area contributed by atoms with Crippen LogP contribution in [-0.2, 0) is 0 Å². The molecule has 1 heterocycles. The van der Waals surface area contributed by atoms with E-state index in [4.69, 9.17) is 0 Å². The van der Waals surface area contributed by atoms with Crippen LogP contribution in [0.3, 0.4) is 0 Å². The van der Waals surface area contributed by atoms with Gasteiger partial charge in [0.25, 0.3) is 0 Å². The van der Waals surface area contributed by atoms with Crippen LogP contribution < -0.4 is 5.43 Å². The largest absolute Gasteiger partial charge is 0.503 e. The van der Waals surface area contributed by atoms with Crippen molar-refractivity contribution in [1.82, 2.24) is 0 Å². The maximum atomic E-state index is 12.0. The third-order valence-corrected chi connectivity index (χ3v) is 4.22. The lowest BCUT2D eigenvalue weighted by Crippen LogP contribution is -1.99. The number of rotatable bonds is 2. The van der Waals surface area contributed by atoms with E-state index in [-0.39, 0.29) is 11.2 Å². The highest BCUT2D eigenvalue weighted by Gasteiger charge is 2.11. The highest BCUT2D eigenvalue weighted by molar-refractivity contribution is 7.18. The maximum absolute atomic E-state index is 12.0. The third kappa shape index (κ3) is 2.36. The highest BCUT2D eigenvalue weighted by atomic mass is 32.1. The summed E-state index contributed by atoms with van der Waals surface area (Å²) in [6, 6.07) is 20.7. The van der Waals surface area contributed by atoms with Gasteiger partial charge in [-0.3, -0.25) is 4.79 Å². The van der Waals surface area contributed by atoms with Crippen molar-refractivity contribution in [2.75, 3.05) is 0 Å². The molecule has 0 saturated carbocycles. The Bertz CT molecular complexity index is 777. The Hall–Kier alpha value is -2.39. The van der Waals surface area contributed by atoms with E-state index in [0.717, 1.165) is 16.0 Å². The Labute approximate surface area is 120 Å². The van der Waals surface area contributed by atoms with Gasteiger partial charge in [0.05, 0.1) is 4.88 Å². The molecule has 3 heteroatoms. The molecule has 2 aromatic carbocycles. The molecule has 0 atom stereocenters. The van der Waals surface area contributed by atoms with Crippen molar-refractivity contribution in [3.63, 3.8) is 0 Å². The summed E-state index contributed by atoms with van der Waals surface area (Å²) >= 11 is 1.42. The number of hydrogen-bond donors (Lipinski definition) is 1. The van der Waals surface area contributed by atoms with Gasteiger partial charge in [0.15, 0.2) is 5.75 Å². The van der Waals surface area contributed by atoms with Gasteiger partial charge in [-0.2, -0.15) is 0 Å². The Morgan fingerprint density at radius 3 is 1.95 bits per heavy atom. The van der Waals surface area contributed by atoms with Gasteiger partial charge in [-0.05, 0) is 11.1 Å². The van der Waals surface area contributed by atoms with E-state index in [1.807, 2.05) is 60.7 Å². The van der Waals surface area contributed by atoms with Crippen LogP contribution in [0.1, 0.15) is 0 Å². The maximum Gasteiger partial charge on any atom is 0.223 e. The van der Waals surface area contributed by atoms with E-state index < -0.39 is 0 Å². The van der Waals surface area contributed by atoms with Crippen molar-refractivity contribution in [2.45, 2.75) is 0 Å². The van der Waals surface area contributed by atoms with Gasteiger partial charge in [0.2, 0.25) is 5.43 Å². The first-order valence-corrected chi connectivity index (χ1v) is 7.05. The second-order valence-corrected chi connectivity index (χ2v) is 5.44. The van der Waals surface area contributed by atoms with Gasteiger partial charge < -0.3 is 5.11 Å². The molecule has 0 radical (unpaired) electrons. The van der Waals surface area contributed by atoms with Gasteiger partial charge in [-0.1, -0.05) is 60.7 Å². The van der Waals surface area contributed by atoms with Crippen molar-refractivity contribution < 1.29 is 5.11 Å². The minimum Gasteiger partial charge on any atom is -0.503 e. The molecule has 1 N–H and O–H groups in total. The number of benzene rings is 2. The van der Waals surface area contributed by atoms with Crippen LogP contribution >= 0.6 is 11.3 Å². The summed E-state index contributed by atoms with van der Waals surface area (Å²) in [5.41, 5.74) is 1.48. The molecule has 0 unspecified atom stereocenters. The molecule has 98 valence electrons. The summed E-state index contributed by atoms with van der Waals surface area (Å²) in [7, 11) is 0. The lowest BCUT2D eigenvalue weighted by atomic mass is 10.1. The van der Waals surface area contributed by atoms with Gasteiger partial charge in [0, 0.05) is 10.9 Å². The van der Waals surface area contributed by atoms with E-state index in [2.05, 4.69) is 0 Å². The van der Waals surface area contributed by atoms with Crippen molar-refractivity contribution in [1.29, 1.82) is 0 Å². The first-order valence-electron chi connectivity index (χ1n) is 6.23. The third-order valence-electron chi connectivity index (χ3n) is 3.02. The number of hydrogen-bond acceptors (Lipinski definition) is 3. The zero-order valence-corrected chi connectivity index (χ0v) is 11.4. The molecule has 2 nitrogen and oxygen atoms in total. The minimum atomic E-state index is -0.346. The lowest BCUT2D eigenvalue weighted by molar-refractivity contribution is 0.474. The van der Waals surface area contributed by atoms with E-state index in [1.165, 1.54) is 17.4 Å². The average molecular weight is 280 g/mol. The zero-order valence-electron chi connectivity index (χ0n) is 10.6. The summed E-state index contributed by atoms with van der Waals surface area (Å²) in [5.74, 6) is -0.180. The van der Waals surface area contributed by atoms with Gasteiger partial charge in [-0.15, -0.1) is 11.3 Å². The van der Waals surface area contributed by atoms with Gasteiger partial charge in [-0.25, -0.2) is 0 Å². The molecule has 0 bridgehead atoms. The van der Waals surface area contributed by atoms with Crippen LogP contribution in [-0.4, -0.2) is 5.11 Å². The van der Waals surface area contributed by atoms with E-state index in [0.29, 0.717) is 4.88 Å². The topological polar surface area (TPSA) is 37.3 Å². The fourth-order valence-electron chi connectivity index (χ4n) is 2.02. The Kier molecular flexibility index (Phi) is 3.35. The Balaban J connectivity index is 2.22.